The highest BCUT2D eigenvalue weighted by Gasteiger charge is 2.21. The molecule has 0 aliphatic carbocycles. The van der Waals surface area contributed by atoms with E-state index in [4.69, 9.17) is 21.3 Å². The minimum Gasteiger partial charge on any atom is -0.462 e. The van der Waals surface area contributed by atoms with Gasteiger partial charge in [-0.3, -0.25) is 4.79 Å². The number of halogens is 1. The Labute approximate surface area is 203 Å². The van der Waals surface area contributed by atoms with E-state index in [1.54, 1.807) is 31.2 Å². The summed E-state index contributed by atoms with van der Waals surface area (Å²) in [4.78, 5) is 30.4. The predicted octanol–water partition coefficient (Wildman–Crippen LogP) is 6.91. The molecule has 0 fully saturated rings. The number of nitrogens with one attached hydrogen (secondary N) is 1. The van der Waals surface area contributed by atoms with Crippen LogP contribution in [0.4, 0.5) is 5.69 Å². The molecule has 4 rings (SSSR count). The summed E-state index contributed by atoms with van der Waals surface area (Å²) in [5, 5.41) is 4.37. The van der Waals surface area contributed by atoms with Crippen LogP contribution in [0.25, 0.3) is 22.2 Å². The molecule has 4 aromatic rings. The highest BCUT2D eigenvalue weighted by atomic mass is 35.5. The van der Waals surface area contributed by atoms with Crippen LogP contribution in [0.2, 0.25) is 5.02 Å². The summed E-state index contributed by atoms with van der Waals surface area (Å²) in [6, 6.07) is 18.2. The van der Waals surface area contributed by atoms with Crippen LogP contribution in [0, 0.1) is 20.8 Å². The van der Waals surface area contributed by atoms with Gasteiger partial charge in [0.15, 0.2) is 0 Å². The van der Waals surface area contributed by atoms with Crippen molar-refractivity contribution in [1.82, 2.24) is 4.98 Å². The van der Waals surface area contributed by atoms with Gasteiger partial charge in [-0.2, -0.15) is 0 Å². The minimum atomic E-state index is -0.395. The third kappa shape index (κ3) is 4.66. The second-order valence-electron chi connectivity index (χ2n) is 8.20. The van der Waals surface area contributed by atoms with E-state index in [0.717, 1.165) is 33.2 Å². The Kier molecular flexibility index (Phi) is 6.66. The predicted molar refractivity (Wildman–Crippen MR) is 137 cm³/mol. The molecule has 0 bridgehead atoms. The van der Waals surface area contributed by atoms with E-state index in [9.17, 15) is 9.59 Å². The van der Waals surface area contributed by atoms with E-state index in [2.05, 4.69) is 11.4 Å². The molecule has 34 heavy (non-hydrogen) atoms. The summed E-state index contributed by atoms with van der Waals surface area (Å²) >= 11 is 6.24. The van der Waals surface area contributed by atoms with Gasteiger partial charge in [0.2, 0.25) is 0 Å². The Morgan fingerprint density at radius 3 is 2.41 bits per heavy atom. The number of fused-ring (bicyclic) bond motifs is 1. The first-order chi connectivity index (χ1) is 16.3. The second-order valence-corrected chi connectivity index (χ2v) is 8.64. The van der Waals surface area contributed by atoms with E-state index in [1.165, 1.54) is 0 Å². The number of aryl methyl sites for hydroxylation is 2. The SMILES string of the molecule is CCOC(=O)c1ccc(NC(=O)c2c(C)c(-c3cccc(Cl)c3)nc3c(C)cc(C)cc23)cc1. The van der Waals surface area contributed by atoms with Crippen molar-refractivity contribution >= 4 is 40.1 Å². The normalized spacial score (nSPS) is 10.9. The topological polar surface area (TPSA) is 68.3 Å². The van der Waals surface area contributed by atoms with Crippen molar-refractivity contribution in [1.29, 1.82) is 0 Å². The molecule has 172 valence electrons. The van der Waals surface area contributed by atoms with Crippen molar-refractivity contribution in [3.8, 4) is 11.3 Å². The average molecular weight is 473 g/mol. The summed E-state index contributed by atoms with van der Waals surface area (Å²) in [5.41, 5.74) is 6.71. The highest BCUT2D eigenvalue weighted by Crippen LogP contribution is 2.33. The lowest BCUT2D eigenvalue weighted by Gasteiger charge is -2.17. The molecule has 0 saturated carbocycles. The van der Waals surface area contributed by atoms with E-state index >= 15 is 0 Å². The summed E-state index contributed by atoms with van der Waals surface area (Å²) in [6.45, 7) is 7.96. The van der Waals surface area contributed by atoms with Crippen LogP contribution in [0.15, 0.2) is 60.7 Å². The Hall–Kier alpha value is -3.70. The number of ether oxygens (including phenoxy) is 1. The number of amides is 1. The minimum absolute atomic E-state index is 0.248. The van der Waals surface area contributed by atoms with Crippen LogP contribution < -0.4 is 5.32 Å². The van der Waals surface area contributed by atoms with Gasteiger partial charge in [0.25, 0.3) is 5.91 Å². The molecule has 0 aliphatic rings. The fourth-order valence-electron chi connectivity index (χ4n) is 4.12. The zero-order valence-electron chi connectivity index (χ0n) is 19.5. The molecule has 1 heterocycles. The maximum absolute atomic E-state index is 13.6. The maximum atomic E-state index is 13.6. The van der Waals surface area contributed by atoms with Gasteiger partial charge in [-0.15, -0.1) is 0 Å². The Bertz CT molecular complexity index is 1410. The van der Waals surface area contributed by atoms with Crippen molar-refractivity contribution in [2.75, 3.05) is 11.9 Å². The zero-order chi connectivity index (χ0) is 24.4. The van der Waals surface area contributed by atoms with E-state index in [0.29, 0.717) is 34.1 Å². The second kappa shape index (κ2) is 9.65. The average Bonchev–Trinajstić information content (AvgIpc) is 2.79. The lowest BCUT2D eigenvalue weighted by atomic mass is 9.94. The fourth-order valence-corrected chi connectivity index (χ4v) is 4.31. The van der Waals surface area contributed by atoms with Crippen molar-refractivity contribution in [2.24, 2.45) is 0 Å². The number of carbonyl (C=O) groups is 2. The number of carbonyl (C=O) groups excluding carboxylic acids is 2. The van der Waals surface area contributed by atoms with Crippen LogP contribution in [-0.2, 0) is 4.74 Å². The fraction of sp³-hybridized carbons (Fsp3) is 0.179. The number of hydrogen-bond donors (Lipinski definition) is 1. The maximum Gasteiger partial charge on any atom is 0.338 e. The number of nitrogens with zero attached hydrogens (tertiary/aromatic N) is 1. The number of anilines is 1. The summed E-state index contributed by atoms with van der Waals surface area (Å²) < 4.78 is 5.03. The molecule has 1 aromatic heterocycles. The summed E-state index contributed by atoms with van der Waals surface area (Å²) in [6.07, 6.45) is 0. The number of hydrogen-bond acceptors (Lipinski definition) is 4. The zero-order valence-corrected chi connectivity index (χ0v) is 20.3. The van der Waals surface area contributed by atoms with Crippen LogP contribution in [0.1, 0.15) is 44.3 Å². The summed E-state index contributed by atoms with van der Waals surface area (Å²) in [7, 11) is 0. The van der Waals surface area contributed by atoms with Crippen molar-refractivity contribution in [3.63, 3.8) is 0 Å². The molecule has 1 amide bonds. The number of esters is 1. The lowest BCUT2D eigenvalue weighted by molar-refractivity contribution is 0.0526. The van der Waals surface area contributed by atoms with Gasteiger partial charge >= 0.3 is 5.97 Å². The lowest BCUT2D eigenvalue weighted by Crippen LogP contribution is -2.16. The van der Waals surface area contributed by atoms with Gasteiger partial charge in [0.05, 0.1) is 28.9 Å². The Morgan fingerprint density at radius 2 is 1.74 bits per heavy atom. The number of rotatable bonds is 5. The van der Waals surface area contributed by atoms with Crippen LogP contribution in [0.5, 0.6) is 0 Å². The monoisotopic (exact) mass is 472 g/mol. The number of pyridine rings is 1. The van der Waals surface area contributed by atoms with Crippen LogP contribution >= 0.6 is 11.6 Å². The molecular weight excluding hydrogens is 448 g/mol. The first-order valence-corrected chi connectivity index (χ1v) is 11.4. The molecule has 0 saturated heterocycles. The standard InChI is InChI=1S/C28H25ClN2O3/c1-5-34-28(33)19-9-11-22(12-10-19)30-27(32)24-18(4)26(20-7-6-8-21(29)15-20)31-25-17(3)13-16(2)14-23(24)25/h6-15H,5H2,1-4H3,(H,30,32). The molecule has 0 unspecified atom stereocenters. The van der Waals surface area contributed by atoms with Crippen molar-refractivity contribution < 1.29 is 14.3 Å². The van der Waals surface area contributed by atoms with Crippen LogP contribution in [0.3, 0.4) is 0 Å². The summed E-state index contributed by atoms with van der Waals surface area (Å²) in [5.74, 6) is -0.643. The Morgan fingerprint density at radius 1 is 1.00 bits per heavy atom. The largest absolute Gasteiger partial charge is 0.462 e. The third-order valence-electron chi connectivity index (χ3n) is 5.65. The van der Waals surface area contributed by atoms with Gasteiger partial charge in [0, 0.05) is 21.7 Å². The van der Waals surface area contributed by atoms with E-state index in [-0.39, 0.29) is 5.91 Å². The third-order valence-corrected chi connectivity index (χ3v) is 5.88. The first-order valence-electron chi connectivity index (χ1n) is 11.0. The van der Waals surface area contributed by atoms with E-state index in [1.807, 2.05) is 51.1 Å². The number of aromatic nitrogens is 1. The van der Waals surface area contributed by atoms with E-state index < -0.39 is 5.97 Å². The number of benzene rings is 3. The smallest absolute Gasteiger partial charge is 0.338 e. The molecule has 0 atom stereocenters. The molecule has 1 N–H and O–H groups in total. The Balaban J connectivity index is 1.81. The molecule has 0 aliphatic heterocycles. The quantitative estimate of drug-likeness (QED) is 0.320. The molecule has 6 heteroatoms. The van der Waals surface area contributed by atoms with Crippen molar-refractivity contribution in [3.05, 3.63) is 93.5 Å². The highest BCUT2D eigenvalue weighted by molar-refractivity contribution is 6.30. The van der Waals surface area contributed by atoms with Gasteiger partial charge in [0.1, 0.15) is 0 Å². The molecule has 3 aromatic carbocycles. The molecular formula is C28H25ClN2O3. The molecule has 0 radical (unpaired) electrons. The molecule has 0 spiro atoms. The van der Waals surface area contributed by atoms with Gasteiger partial charge in [-0.25, -0.2) is 9.78 Å². The van der Waals surface area contributed by atoms with Gasteiger partial charge in [-0.05, 0) is 81.3 Å². The van der Waals surface area contributed by atoms with Crippen molar-refractivity contribution in [2.45, 2.75) is 27.7 Å². The van der Waals surface area contributed by atoms with Gasteiger partial charge < -0.3 is 10.1 Å². The first kappa shape index (κ1) is 23.5. The molecule has 5 nitrogen and oxygen atoms in total. The van der Waals surface area contributed by atoms with Gasteiger partial charge in [-0.1, -0.05) is 35.4 Å². The van der Waals surface area contributed by atoms with Crippen LogP contribution in [-0.4, -0.2) is 23.5 Å².